The molecule has 0 saturated heterocycles. The van der Waals surface area contributed by atoms with Crippen LogP contribution < -0.4 is 5.32 Å². The summed E-state index contributed by atoms with van der Waals surface area (Å²) in [5.41, 5.74) is 2.26. The lowest BCUT2D eigenvalue weighted by atomic mass is 10.2. The Kier molecular flexibility index (Phi) is 4.67. The van der Waals surface area contributed by atoms with Gasteiger partial charge in [-0.25, -0.2) is 4.79 Å². The normalized spacial score (nSPS) is 11.8. The Morgan fingerprint density at radius 2 is 1.85 bits per heavy atom. The number of hydrogen-bond acceptors (Lipinski definition) is 4. The first kappa shape index (κ1) is 17.5. The summed E-state index contributed by atoms with van der Waals surface area (Å²) in [6.45, 7) is 5.43. The third kappa shape index (κ3) is 4.22. The molecule has 1 heterocycles. The number of para-hydroxylation sites is 1. The predicted octanol–water partition coefficient (Wildman–Crippen LogP) is 4.97. The summed E-state index contributed by atoms with van der Waals surface area (Å²) < 4.78 is 5.21. The van der Waals surface area contributed by atoms with E-state index in [1.807, 2.05) is 45.0 Å². The smallest absolute Gasteiger partial charge is 0.412 e. The van der Waals surface area contributed by atoms with Crippen molar-refractivity contribution in [1.82, 2.24) is 4.98 Å². The first-order chi connectivity index (χ1) is 12.3. The maximum Gasteiger partial charge on any atom is 0.412 e. The first-order valence-corrected chi connectivity index (χ1v) is 8.26. The molecule has 2 aromatic carbocycles. The summed E-state index contributed by atoms with van der Waals surface area (Å²) in [6.07, 6.45) is 1.11. The predicted molar refractivity (Wildman–Crippen MR) is 104 cm³/mol. The van der Waals surface area contributed by atoms with Crippen molar-refractivity contribution in [3.63, 3.8) is 0 Å². The zero-order chi connectivity index (χ0) is 18.7. The number of amides is 1. The van der Waals surface area contributed by atoms with Gasteiger partial charge in [0.2, 0.25) is 0 Å². The van der Waals surface area contributed by atoms with Gasteiger partial charge in [0.1, 0.15) is 5.60 Å². The number of benzene rings is 2. The minimum absolute atomic E-state index is 0.0816. The van der Waals surface area contributed by atoms with Crippen molar-refractivity contribution in [2.75, 3.05) is 5.32 Å². The van der Waals surface area contributed by atoms with Crippen LogP contribution in [0, 0.1) is 0 Å². The molecule has 0 bridgehead atoms. The molecule has 1 amide bonds. The maximum atomic E-state index is 11.8. The second-order valence-electron chi connectivity index (χ2n) is 6.86. The van der Waals surface area contributed by atoms with Gasteiger partial charge in [0.15, 0.2) is 5.88 Å². The van der Waals surface area contributed by atoms with Crippen LogP contribution in [0.4, 0.5) is 16.2 Å². The molecule has 0 fully saturated rings. The Hall–Kier alpha value is -3.28. The van der Waals surface area contributed by atoms with E-state index >= 15 is 0 Å². The molecule has 6 nitrogen and oxygen atoms in total. The topological polar surface area (TPSA) is 86.7 Å². The molecule has 0 spiro atoms. The van der Waals surface area contributed by atoms with E-state index in [9.17, 15) is 9.90 Å². The molecular weight excluding hydrogens is 330 g/mol. The quantitative estimate of drug-likeness (QED) is 0.582. The second kappa shape index (κ2) is 6.92. The van der Waals surface area contributed by atoms with Crippen molar-refractivity contribution in [2.24, 2.45) is 4.99 Å². The number of carbonyl (C=O) groups is 1. The van der Waals surface area contributed by atoms with Crippen molar-refractivity contribution in [3.8, 4) is 5.88 Å². The zero-order valence-electron chi connectivity index (χ0n) is 14.9. The Morgan fingerprint density at radius 3 is 2.54 bits per heavy atom. The van der Waals surface area contributed by atoms with E-state index < -0.39 is 11.7 Å². The number of carbonyl (C=O) groups excluding carboxylic acids is 1. The fourth-order valence-electron chi connectivity index (χ4n) is 2.47. The van der Waals surface area contributed by atoms with Crippen molar-refractivity contribution in [1.29, 1.82) is 0 Å². The molecule has 0 unspecified atom stereocenters. The third-order valence-corrected chi connectivity index (χ3v) is 3.58. The molecule has 134 valence electrons. The Morgan fingerprint density at radius 1 is 1.15 bits per heavy atom. The molecule has 26 heavy (non-hydrogen) atoms. The molecule has 0 saturated carbocycles. The number of hydrogen-bond donors (Lipinski definition) is 3. The highest BCUT2D eigenvalue weighted by molar-refractivity contribution is 6.02. The van der Waals surface area contributed by atoms with Gasteiger partial charge in [-0.15, -0.1) is 0 Å². The highest BCUT2D eigenvalue weighted by atomic mass is 16.6. The molecule has 0 atom stereocenters. The lowest BCUT2D eigenvalue weighted by molar-refractivity contribution is 0.0636. The van der Waals surface area contributed by atoms with Gasteiger partial charge in [-0.2, -0.15) is 0 Å². The van der Waals surface area contributed by atoms with Crippen molar-refractivity contribution < 1.29 is 14.6 Å². The van der Waals surface area contributed by atoms with E-state index in [-0.39, 0.29) is 5.88 Å². The van der Waals surface area contributed by atoms with Gasteiger partial charge in [0.05, 0.1) is 11.3 Å². The minimum atomic E-state index is -0.546. The van der Waals surface area contributed by atoms with E-state index in [1.54, 1.807) is 30.5 Å². The summed E-state index contributed by atoms with van der Waals surface area (Å²) in [6, 6.07) is 14.6. The van der Waals surface area contributed by atoms with Gasteiger partial charge in [0, 0.05) is 22.8 Å². The highest BCUT2D eigenvalue weighted by Crippen LogP contribution is 2.26. The number of aromatic hydroxyl groups is 1. The Bertz CT molecular complexity index is 951. The van der Waals surface area contributed by atoms with E-state index in [0.29, 0.717) is 16.9 Å². The van der Waals surface area contributed by atoms with Crippen molar-refractivity contribution in [3.05, 3.63) is 54.1 Å². The van der Waals surface area contributed by atoms with Gasteiger partial charge in [-0.3, -0.25) is 10.3 Å². The lowest BCUT2D eigenvalue weighted by Crippen LogP contribution is -2.27. The van der Waals surface area contributed by atoms with Gasteiger partial charge < -0.3 is 14.8 Å². The number of aliphatic imine (C=N–C) groups is 1. The van der Waals surface area contributed by atoms with Crippen LogP contribution in [0.1, 0.15) is 26.3 Å². The molecule has 3 aromatic rings. The third-order valence-electron chi connectivity index (χ3n) is 3.58. The fourth-order valence-corrected chi connectivity index (χ4v) is 2.47. The van der Waals surface area contributed by atoms with Gasteiger partial charge >= 0.3 is 6.09 Å². The minimum Gasteiger partial charge on any atom is -0.494 e. The van der Waals surface area contributed by atoms with Crippen molar-refractivity contribution in [2.45, 2.75) is 26.4 Å². The SMILES string of the molecule is CC(C)(C)OC(=O)Nc1ccc(N=Cc2c(O)[nH]c3ccccc23)cc1. The Labute approximate surface area is 151 Å². The summed E-state index contributed by atoms with van der Waals surface area (Å²) in [5, 5.41) is 13.6. The van der Waals surface area contributed by atoms with Gasteiger partial charge in [-0.05, 0) is 51.1 Å². The molecule has 0 radical (unpaired) electrons. The number of H-pyrrole nitrogens is 1. The van der Waals surface area contributed by atoms with Crippen LogP contribution in [0.25, 0.3) is 10.9 Å². The lowest BCUT2D eigenvalue weighted by Gasteiger charge is -2.19. The number of aromatic amines is 1. The molecule has 0 aliphatic rings. The van der Waals surface area contributed by atoms with Gasteiger partial charge in [0.25, 0.3) is 0 Å². The van der Waals surface area contributed by atoms with E-state index in [2.05, 4.69) is 15.3 Å². The number of nitrogens with one attached hydrogen (secondary N) is 2. The maximum absolute atomic E-state index is 11.8. The summed E-state index contributed by atoms with van der Waals surface area (Å²) in [4.78, 5) is 19.1. The van der Waals surface area contributed by atoms with Crippen LogP contribution in [-0.2, 0) is 4.74 Å². The highest BCUT2D eigenvalue weighted by Gasteiger charge is 2.16. The van der Waals surface area contributed by atoms with E-state index in [1.165, 1.54) is 0 Å². The van der Waals surface area contributed by atoms with Crippen LogP contribution in [0.15, 0.2) is 53.5 Å². The van der Waals surface area contributed by atoms with Crippen LogP contribution in [-0.4, -0.2) is 28.0 Å². The standard InChI is InChI=1S/C20H21N3O3/c1-20(2,3)26-19(25)22-14-10-8-13(9-11-14)21-12-16-15-6-4-5-7-17(15)23-18(16)24/h4-12,23-24H,1-3H3,(H,22,25). The van der Waals surface area contributed by atoms with Crippen LogP contribution >= 0.6 is 0 Å². The van der Waals surface area contributed by atoms with Crippen LogP contribution in [0.2, 0.25) is 0 Å². The number of nitrogens with zero attached hydrogens (tertiary/aromatic N) is 1. The number of aromatic nitrogens is 1. The molecular formula is C20H21N3O3. The average molecular weight is 351 g/mol. The Balaban J connectivity index is 1.72. The number of fused-ring (bicyclic) bond motifs is 1. The molecule has 0 aliphatic heterocycles. The van der Waals surface area contributed by atoms with Crippen molar-refractivity contribution >= 4 is 34.6 Å². The summed E-state index contributed by atoms with van der Waals surface area (Å²) in [7, 11) is 0. The molecule has 0 aliphatic carbocycles. The largest absolute Gasteiger partial charge is 0.494 e. The van der Waals surface area contributed by atoms with Gasteiger partial charge in [-0.1, -0.05) is 18.2 Å². The number of ether oxygens (including phenoxy) is 1. The summed E-state index contributed by atoms with van der Waals surface area (Å²) >= 11 is 0. The van der Waals surface area contributed by atoms with Crippen LogP contribution in [0.3, 0.4) is 0 Å². The molecule has 1 aromatic heterocycles. The number of rotatable bonds is 3. The molecule has 3 N–H and O–H groups in total. The summed E-state index contributed by atoms with van der Waals surface area (Å²) in [5.74, 6) is 0.0816. The average Bonchev–Trinajstić information content (AvgIpc) is 2.88. The monoisotopic (exact) mass is 351 g/mol. The second-order valence-corrected chi connectivity index (χ2v) is 6.86. The fraction of sp³-hybridized carbons (Fsp3) is 0.200. The number of anilines is 1. The van der Waals surface area contributed by atoms with E-state index in [0.717, 1.165) is 10.9 Å². The van der Waals surface area contributed by atoms with Crippen LogP contribution in [0.5, 0.6) is 5.88 Å². The molecule has 6 heteroatoms. The van der Waals surface area contributed by atoms with E-state index in [4.69, 9.17) is 4.74 Å². The first-order valence-electron chi connectivity index (χ1n) is 8.26. The zero-order valence-corrected chi connectivity index (χ0v) is 14.9. The molecule has 3 rings (SSSR count).